The molecule has 0 spiro atoms. The third kappa shape index (κ3) is 2.93. The fourth-order valence-corrected chi connectivity index (χ4v) is 2.08. The van der Waals surface area contributed by atoms with E-state index in [0.717, 1.165) is 49.9 Å². The van der Waals surface area contributed by atoms with Crippen LogP contribution in [0.4, 0.5) is 0 Å². The molecule has 0 fully saturated rings. The molecular weight excluding hydrogens is 254 g/mol. The van der Waals surface area contributed by atoms with Crippen molar-refractivity contribution in [3.8, 4) is 5.69 Å². The summed E-state index contributed by atoms with van der Waals surface area (Å²) in [5.41, 5.74) is 0.973. The largest absolute Gasteiger partial charge is 0.356 e. The molecule has 1 aromatic heterocycles. The van der Waals surface area contributed by atoms with Gasteiger partial charge in [0.25, 0.3) is 0 Å². The monoisotopic (exact) mass is 271 g/mol. The van der Waals surface area contributed by atoms with Crippen molar-refractivity contribution in [1.29, 1.82) is 0 Å². The Bertz CT molecular complexity index is 575. The fourth-order valence-electron chi connectivity index (χ4n) is 2.08. The van der Waals surface area contributed by atoms with Gasteiger partial charge in [0.15, 0.2) is 11.8 Å². The molecule has 104 valence electrons. The van der Waals surface area contributed by atoms with Crippen molar-refractivity contribution >= 4 is 5.96 Å². The lowest BCUT2D eigenvalue weighted by molar-refractivity contribution is 0.687. The third-order valence-electron chi connectivity index (χ3n) is 3.07. The Morgan fingerprint density at radius 1 is 1.25 bits per heavy atom. The Balaban J connectivity index is 1.61. The first-order chi connectivity index (χ1) is 9.93. The molecule has 3 rings (SSSR count). The zero-order chi connectivity index (χ0) is 13.6. The molecule has 1 aliphatic rings. The summed E-state index contributed by atoms with van der Waals surface area (Å²) in [7, 11) is 0. The number of nitrogens with one attached hydrogen (secondary N) is 2. The minimum atomic E-state index is 0.739. The molecule has 0 radical (unpaired) electrons. The lowest BCUT2D eigenvalue weighted by Crippen LogP contribution is -2.41. The van der Waals surface area contributed by atoms with Crippen LogP contribution in [0.5, 0.6) is 0 Å². The van der Waals surface area contributed by atoms with E-state index in [2.05, 4.69) is 31.2 Å². The highest BCUT2D eigenvalue weighted by Gasteiger charge is 2.08. The molecule has 2 N–H and O–H groups in total. The van der Waals surface area contributed by atoms with Gasteiger partial charge in [0.1, 0.15) is 0 Å². The molecule has 1 aliphatic heterocycles. The molecule has 2 heterocycles. The lowest BCUT2D eigenvalue weighted by Gasteiger charge is -2.15. The van der Waals surface area contributed by atoms with Gasteiger partial charge in [-0.2, -0.15) is 4.68 Å². The van der Waals surface area contributed by atoms with E-state index >= 15 is 0 Å². The standard InChI is InChI=1S/C13H17N7/c1-2-5-11(6-3-1)20-12(17-18-19-20)7-10-16-13-14-8-4-9-15-13/h1-3,5-6H,4,7-10H2,(H2,14,15,16). The molecule has 20 heavy (non-hydrogen) atoms. The van der Waals surface area contributed by atoms with E-state index in [1.165, 1.54) is 0 Å². The van der Waals surface area contributed by atoms with Crippen molar-refractivity contribution in [1.82, 2.24) is 30.8 Å². The van der Waals surface area contributed by atoms with Gasteiger partial charge in [0, 0.05) is 26.1 Å². The summed E-state index contributed by atoms with van der Waals surface area (Å²) in [6.07, 6.45) is 1.83. The Labute approximate surface area is 117 Å². The van der Waals surface area contributed by atoms with Gasteiger partial charge in [-0.1, -0.05) is 18.2 Å². The lowest BCUT2D eigenvalue weighted by atomic mass is 10.3. The molecule has 0 unspecified atom stereocenters. The van der Waals surface area contributed by atoms with Crippen molar-refractivity contribution in [2.24, 2.45) is 4.99 Å². The first-order valence-electron chi connectivity index (χ1n) is 6.78. The number of tetrazole rings is 1. The number of para-hydroxylation sites is 1. The van der Waals surface area contributed by atoms with Gasteiger partial charge in [-0.15, -0.1) is 5.10 Å². The van der Waals surface area contributed by atoms with E-state index in [-0.39, 0.29) is 0 Å². The summed E-state index contributed by atoms with van der Waals surface area (Å²) < 4.78 is 1.76. The smallest absolute Gasteiger partial charge is 0.191 e. The van der Waals surface area contributed by atoms with Gasteiger partial charge in [0.2, 0.25) is 0 Å². The Kier molecular flexibility index (Phi) is 3.86. The summed E-state index contributed by atoms with van der Waals surface area (Å²) >= 11 is 0. The van der Waals surface area contributed by atoms with Crippen molar-refractivity contribution < 1.29 is 0 Å². The third-order valence-corrected chi connectivity index (χ3v) is 3.07. The van der Waals surface area contributed by atoms with Crippen LogP contribution in [0.25, 0.3) is 5.69 Å². The van der Waals surface area contributed by atoms with Gasteiger partial charge in [-0.3, -0.25) is 4.99 Å². The molecule has 2 aromatic rings. The van der Waals surface area contributed by atoms with Crippen LogP contribution in [0.2, 0.25) is 0 Å². The minimum absolute atomic E-state index is 0.739. The maximum atomic E-state index is 4.36. The number of guanidine groups is 1. The fraction of sp³-hybridized carbons (Fsp3) is 0.385. The van der Waals surface area contributed by atoms with Crippen molar-refractivity contribution in [2.75, 3.05) is 19.6 Å². The van der Waals surface area contributed by atoms with E-state index in [1.807, 2.05) is 30.3 Å². The Morgan fingerprint density at radius 2 is 2.15 bits per heavy atom. The molecule has 0 saturated carbocycles. The zero-order valence-corrected chi connectivity index (χ0v) is 11.2. The molecule has 7 heteroatoms. The Hall–Kier alpha value is -2.44. The average molecular weight is 271 g/mol. The highest BCUT2D eigenvalue weighted by molar-refractivity contribution is 5.80. The number of aromatic nitrogens is 4. The minimum Gasteiger partial charge on any atom is -0.356 e. The van der Waals surface area contributed by atoms with E-state index in [1.54, 1.807) is 4.68 Å². The summed E-state index contributed by atoms with van der Waals surface area (Å²) in [5.74, 6) is 1.70. The summed E-state index contributed by atoms with van der Waals surface area (Å²) in [6, 6.07) is 9.89. The zero-order valence-electron chi connectivity index (χ0n) is 11.2. The quantitative estimate of drug-likeness (QED) is 0.827. The molecule has 0 atom stereocenters. The van der Waals surface area contributed by atoms with Gasteiger partial charge in [0.05, 0.1) is 5.69 Å². The number of rotatable bonds is 4. The molecule has 0 saturated heterocycles. The molecule has 0 bridgehead atoms. The Morgan fingerprint density at radius 3 is 2.95 bits per heavy atom. The maximum absolute atomic E-state index is 4.36. The van der Waals surface area contributed by atoms with E-state index in [4.69, 9.17) is 0 Å². The van der Waals surface area contributed by atoms with E-state index in [0.29, 0.717) is 0 Å². The van der Waals surface area contributed by atoms with Crippen molar-refractivity contribution in [3.63, 3.8) is 0 Å². The summed E-state index contributed by atoms with van der Waals surface area (Å²) in [5, 5.41) is 18.4. The highest BCUT2D eigenvalue weighted by atomic mass is 15.5. The van der Waals surface area contributed by atoms with E-state index < -0.39 is 0 Å². The van der Waals surface area contributed by atoms with Crippen LogP contribution < -0.4 is 10.6 Å². The van der Waals surface area contributed by atoms with E-state index in [9.17, 15) is 0 Å². The topological polar surface area (TPSA) is 80.0 Å². The second kappa shape index (κ2) is 6.14. The first-order valence-corrected chi connectivity index (χ1v) is 6.78. The highest BCUT2D eigenvalue weighted by Crippen LogP contribution is 2.06. The molecule has 0 aliphatic carbocycles. The van der Waals surface area contributed by atoms with Gasteiger partial charge < -0.3 is 10.6 Å². The van der Waals surface area contributed by atoms with Crippen LogP contribution in [-0.2, 0) is 6.42 Å². The molecule has 1 aromatic carbocycles. The number of hydrogen-bond donors (Lipinski definition) is 2. The van der Waals surface area contributed by atoms with Gasteiger partial charge in [-0.25, -0.2) is 0 Å². The number of nitrogens with zero attached hydrogens (tertiary/aromatic N) is 5. The number of aliphatic imine (C=N–C) groups is 1. The molecular formula is C13H17N7. The predicted molar refractivity (Wildman–Crippen MR) is 75.8 cm³/mol. The molecule has 7 nitrogen and oxygen atoms in total. The van der Waals surface area contributed by atoms with Crippen LogP contribution in [0.1, 0.15) is 12.2 Å². The van der Waals surface area contributed by atoms with Crippen LogP contribution in [0.15, 0.2) is 35.3 Å². The normalized spacial score (nSPS) is 14.5. The second-order valence-electron chi connectivity index (χ2n) is 4.53. The van der Waals surface area contributed by atoms with Crippen LogP contribution in [-0.4, -0.2) is 45.8 Å². The second-order valence-corrected chi connectivity index (χ2v) is 4.53. The van der Waals surface area contributed by atoms with Crippen LogP contribution in [0.3, 0.4) is 0 Å². The van der Waals surface area contributed by atoms with Crippen LogP contribution in [0, 0.1) is 0 Å². The van der Waals surface area contributed by atoms with Gasteiger partial charge >= 0.3 is 0 Å². The number of hydrogen-bond acceptors (Lipinski definition) is 6. The average Bonchev–Trinajstić information content (AvgIpc) is 2.98. The van der Waals surface area contributed by atoms with Crippen molar-refractivity contribution in [3.05, 3.63) is 36.2 Å². The molecule has 0 amide bonds. The van der Waals surface area contributed by atoms with Crippen LogP contribution >= 0.6 is 0 Å². The summed E-state index contributed by atoms with van der Waals surface area (Å²) in [6.45, 7) is 2.61. The SMILES string of the molecule is c1ccc(-n2nnnc2CCNC2=NCCCN2)cc1. The first kappa shape index (κ1) is 12.6. The predicted octanol–water partition coefficient (Wildman–Crippen LogP) is 0.144. The van der Waals surface area contributed by atoms with Crippen molar-refractivity contribution in [2.45, 2.75) is 12.8 Å². The summed E-state index contributed by atoms with van der Waals surface area (Å²) in [4.78, 5) is 4.36. The maximum Gasteiger partial charge on any atom is 0.191 e. The van der Waals surface area contributed by atoms with Gasteiger partial charge in [-0.05, 0) is 29.0 Å². The number of benzene rings is 1.